The van der Waals surface area contributed by atoms with Gasteiger partial charge >= 0.3 is 0 Å². The molecule has 0 amide bonds. The molecule has 0 aliphatic carbocycles. The molecule has 8 nitrogen and oxygen atoms in total. The highest BCUT2D eigenvalue weighted by Gasteiger charge is 2.05. The Bertz CT molecular complexity index is 208. The zero-order chi connectivity index (χ0) is 9.07. The van der Waals surface area contributed by atoms with Gasteiger partial charge in [0, 0.05) is 0 Å². The second kappa shape index (κ2) is 3.22. The average molecular weight is 178 g/mol. The van der Waals surface area contributed by atoms with E-state index in [1.807, 2.05) is 0 Å². The predicted molar refractivity (Wildman–Crippen MR) is 45.4 cm³/mol. The van der Waals surface area contributed by atoms with E-state index in [1.165, 1.54) is 0 Å². The largest absolute Gasteiger partial charge is 0.370 e. The summed E-state index contributed by atoms with van der Waals surface area (Å²) in [5.74, 6) is -0.610. The minimum atomic E-state index is -3.13. The van der Waals surface area contributed by atoms with Gasteiger partial charge in [-0.2, -0.15) is 9.53 Å². The molecule has 0 fully saturated rings. The second-order valence-corrected chi connectivity index (χ2v) is 3.40. The quantitative estimate of drug-likeness (QED) is 0.162. The van der Waals surface area contributed by atoms with Crippen LogP contribution in [-0.2, 0) is 0 Å². The normalized spacial score (nSPS) is 10.3. The van der Waals surface area contributed by atoms with Crippen LogP contribution < -0.4 is 28.4 Å². The van der Waals surface area contributed by atoms with Crippen molar-refractivity contribution in [3.05, 3.63) is 0 Å². The van der Waals surface area contributed by atoms with Gasteiger partial charge in [-0.05, 0) is 0 Å². The molecular weight excluding hydrogens is 167 g/mol. The van der Waals surface area contributed by atoms with E-state index in [9.17, 15) is 0 Å². The summed E-state index contributed by atoms with van der Waals surface area (Å²) >= 11 is 0. The number of nitrogens with two attached hydrogens (primary N) is 5. The Labute approximate surface area is 63.5 Å². The first-order valence-electron chi connectivity index (χ1n) is 2.48. The van der Waals surface area contributed by atoms with Crippen molar-refractivity contribution in [3.8, 4) is 0 Å². The lowest BCUT2D eigenvalue weighted by atomic mass is 11.1. The van der Waals surface area contributed by atoms with Crippen molar-refractivity contribution in [2.75, 3.05) is 0 Å². The minimum absolute atomic E-state index is 0.305. The number of nitrogens with one attached hydrogen (secondary N) is 1. The van der Waals surface area contributed by atoms with Crippen molar-refractivity contribution in [1.29, 1.82) is 5.16 Å². The van der Waals surface area contributed by atoms with Crippen LogP contribution in [0.4, 0.5) is 0 Å². The second-order valence-electron chi connectivity index (χ2n) is 1.70. The Hall–Kier alpha value is -1.27. The molecular formula is C2H11N8P. The van der Waals surface area contributed by atoms with Gasteiger partial charge in [-0.3, -0.25) is 10.7 Å². The molecule has 0 saturated carbocycles. The monoisotopic (exact) mass is 178 g/mol. The summed E-state index contributed by atoms with van der Waals surface area (Å²) < 4.78 is 6.66. The third-order valence-corrected chi connectivity index (χ3v) is 1.61. The van der Waals surface area contributed by atoms with Crippen molar-refractivity contribution >= 4 is 19.4 Å². The van der Waals surface area contributed by atoms with E-state index < -0.39 is 7.51 Å². The molecule has 9 heteroatoms. The van der Waals surface area contributed by atoms with E-state index in [0.29, 0.717) is 0 Å². The fourth-order valence-electron chi connectivity index (χ4n) is 0.374. The number of hydrogen-bond acceptors (Lipinski definition) is 1. The first-order chi connectivity index (χ1) is 4.83. The Morgan fingerprint density at radius 3 is 1.45 bits per heavy atom. The van der Waals surface area contributed by atoms with Crippen LogP contribution >= 0.6 is 7.51 Å². The maximum atomic E-state index is 7.18. The third kappa shape index (κ3) is 5.19. The summed E-state index contributed by atoms with van der Waals surface area (Å²) in [4.78, 5) is 0. The summed E-state index contributed by atoms with van der Waals surface area (Å²) in [6, 6.07) is 0. The zero-order valence-electron chi connectivity index (χ0n) is 5.73. The van der Waals surface area contributed by atoms with Gasteiger partial charge < -0.3 is 22.9 Å². The van der Waals surface area contributed by atoms with E-state index in [-0.39, 0.29) is 11.9 Å². The van der Waals surface area contributed by atoms with Crippen molar-refractivity contribution < 1.29 is 0 Å². The molecule has 0 bridgehead atoms. The van der Waals surface area contributed by atoms with Gasteiger partial charge in [0.15, 0.2) is 11.9 Å². The van der Waals surface area contributed by atoms with Crippen LogP contribution in [0.15, 0.2) is 9.53 Å². The molecule has 64 valence electrons. The predicted octanol–water partition coefficient (Wildman–Crippen LogP) is -1.98. The molecule has 0 aliphatic heterocycles. The SMILES string of the molecule is N=P(N)(N=C(N)N)N=C(N)N. The zero-order valence-corrected chi connectivity index (χ0v) is 6.62. The molecule has 0 aromatic heterocycles. The molecule has 0 aromatic rings. The summed E-state index contributed by atoms with van der Waals surface area (Å²) in [5, 5.41) is 7.18. The highest BCUT2D eigenvalue weighted by atomic mass is 31.2. The molecule has 0 aliphatic rings. The van der Waals surface area contributed by atoms with Gasteiger partial charge in [0.2, 0.25) is 0 Å². The standard InChI is InChI=1S/C2H11N8P/c3-1(4)9-11(7,8)10-2(5)6/h(H11,3,4,5,6,7,8,9,10). The molecule has 0 radical (unpaired) electrons. The van der Waals surface area contributed by atoms with Crippen molar-refractivity contribution in [2.24, 2.45) is 38.0 Å². The fourth-order valence-corrected chi connectivity index (χ4v) is 1.12. The van der Waals surface area contributed by atoms with E-state index in [0.717, 1.165) is 0 Å². The van der Waals surface area contributed by atoms with Crippen LogP contribution in [0.3, 0.4) is 0 Å². The van der Waals surface area contributed by atoms with Crippen LogP contribution in [0.2, 0.25) is 0 Å². The first-order valence-corrected chi connectivity index (χ1v) is 4.25. The summed E-state index contributed by atoms with van der Waals surface area (Å²) in [7, 11) is -3.13. The van der Waals surface area contributed by atoms with Crippen LogP contribution in [0, 0.1) is 5.16 Å². The Kier molecular flexibility index (Phi) is 2.85. The summed E-state index contributed by atoms with van der Waals surface area (Å²) in [6.45, 7) is 0. The Morgan fingerprint density at radius 2 is 1.27 bits per heavy atom. The lowest BCUT2D eigenvalue weighted by Gasteiger charge is -2.04. The van der Waals surface area contributed by atoms with E-state index in [2.05, 4.69) is 9.53 Å². The Morgan fingerprint density at radius 1 is 1.00 bits per heavy atom. The van der Waals surface area contributed by atoms with E-state index >= 15 is 0 Å². The molecule has 0 aromatic carbocycles. The molecule has 0 unspecified atom stereocenters. The topological polar surface area (TPSA) is 179 Å². The molecule has 11 N–H and O–H groups in total. The highest BCUT2D eigenvalue weighted by Crippen LogP contribution is 2.39. The molecule has 11 heavy (non-hydrogen) atoms. The van der Waals surface area contributed by atoms with Crippen LogP contribution in [0.5, 0.6) is 0 Å². The molecule has 0 atom stereocenters. The number of rotatable bonds is 2. The number of nitrogens with zero attached hydrogens (tertiary/aromatic N) is 2. The Balaban J connectivity index is 4.64. The first kappa shape index (κ1) is 9.73. The van der Waals surface area contributed by atoms with E-state index in [4.69, 9.17) is 33.6 Å². The summed E-state index contributed by atoms with van der Waals surface area (Å²) in [6.07, 6.45) is 0. The van der Waals surface area contributed by atoms with Crippen molar-refractivity contribution in [2.45, 2.75) is 0 Å². The van der Waals surface area contributed by atoms with Crippen molar-refractivity contribution in [3.63, 3.8) is 0 Å². The lowest BCUT2D eigenvalue weighted by Crippen LogP contribution is -2.25. The van der Waals surface area contributed by atoms with Gasteiger partial charge in [-0.15, -0.1) is 0 Å². The maximum Gasteiger partial charge on any atom is 0.253 e. The van der Waals surface area contributed by atoms with Crippen LogP contribution in [-0.4, -0.2) is 11.9 Å². The van der Waals surface area contributed by atoms with Crippen LogP contribution in [0.1, 0.15) is 0 Å². The molecule has 0 saturated heterocycles. The molecule has 0 spiro atoms. The minimum Gasteiger partial charge on any atom is -0.370 e. The van der Waals surface area contributed by atoms with Gasteiger partial charge in [-0.1, -0.05) is 0 Å². The fraction of sp³-hybridized carbons (Fsp3) is 0. The number of guanidine groups is 2. The van der Waals surface area contributed by atoms with Gasteiger partial charge in [0.05, 0.1) is 0 Å². The number of hydrogen-bond donors (Lipinski definition) is 6. The summed E-state index contributed by atoms with van der Waals surface area (Å²) in [5.41, 5.74) is 25.0. The average Bonchev–Trinajstić information content (AvgIpc) is 1.53. The van der Waals surface area contributed by atoms with Gasteiger partial charge in [-0.25, -0.2) is 0 Å². The maximum absolute atomic E-state index is 7.18. The molecule has 0 rings (SSSR count). The van der Waals surface area contributed by atoms with Gasteiger partial charge in [0.1, 0.15) is 0 Å². The molecule has 0 heterocycles. The van der Waals surface area contributed by atoms with Crippen molar-refractivity contribution in [1.82, 2.24) is 0 Å². The lowest BCUT2D eigenvalue weighted by molar-refractivity contribution is 1.39. The van der Waals surface area contributed by atoms with Gasteiger partial charge in [0.25, 0.3) is 7.51 Å². The highest BCUT2D eigenvalue weighted by molar-refractivity contribution is 7.60. The smallest absolute Gasteiger partial charge is 0.253 e. The third-order valence-electron chi connectivity index (χ3n) is 0.536. The van der Waals surface area contributed by atoms with Crippen LogP contribution in [0.25, 0.3) is 0 Å². The van der Waals surface area contributed by atoms with E-state index in [1.54, 1.807) is 0 Å².